The third-order valence-corrected chi connectivity index (χ3v) is 9.02. The number of nitrogens with zero attached hydrogens (tertiary/aromatic N) is 4. The van der Waals surface area contributed by atoms with Crippen LogP contribution in [0.3, 0.4) is 0 Å². The average molecular weight is 764 g/mol. The van der Waals surface area contributed by atoms with Gasteiger partial charge in [-0.15, -0.1) is 39.2 Å². The van der Waals surface area contributed by atoms with Gasteiger partial charge in [-0.2, -0.15) is 10.2 Å². The standard InChI is InChI=1S/C34H26N5O8S2.3Na/c1-20-14-30(31(47-2)19-28(20)36-37-29-18-25(48(41,42)43)16-21-8-6-7-11-26(21)29)38-39-33-32(49(44,45)46)17-22-15-24(12-13-27(22)34(33)40)35-23-9-4-3-5-10-23;;;/h3-17,19,35,40H,1-2H3,(H,41,42,43)(H,44,45,46);;;/q-1;3*+1/p-2. The summed E-state index contributed by atoms with van der Waals surface area (Å²) < 4.78 is 77.5. The number of benzene rings is 6. The molecule has 0 unspecified atom stereocenters. The second-order valence-corrected chi connectivity index (χ2v) is 13.4. The molecule has 0 saturated heterocycles. The maximum atomic E-state index is 12.3. The number of phenols is 1. The third kappa shape index (κ3) is 9.86. The summed E-state index contributed by atoms with van der Waals surface area (Å²) in [4.78, 5) is -1.35. The predicted molar refractivity (Wildman–Crippen MR) is 180 cm³/mol. The molecule has 18 heteroatoms. The van der Waals surface area contributed by atoms with Crippen LogP contribution in [0.25, 0.3) is 21.5 Å². The molecular weight excluding hydrogens is 740 g/mol. The fourth-order valence-electron chi connectivity index (χ4n) is 5.04. The Labute approximate surface area is 366 Å². The molecule has 0 saturated carbocycles. The zero-order valence-corrected chi connectivity index (χ0v) is 36.3. The molecule has 0 atom stereocenters. The van der Waals surface area contributed by atoms with Crippen LogP contribution in [0.1, 0.15) is 5.56 Å². The van der Waals surface area contributed by atoms with Crippen molar-refractivity contribution in [2.45, 2.75) is 16.7 Å². The van der Waals surface area contributed by atoms with Gasteiger partial charge in [0.25, 0.3) is 0 Å². The van der Waals surface area contributed by atoms with Gasteiger partial charge in [0, 0.05) is 22.8 Å². The van der Waals surface area contributed by atoms with Crippen molar-refractivity contribution in [3.05, 3.63) is 109 Å². The minimum Gasteiger partial charge on any atom is -0.746 e. The monoisotopic (exact) mass is 763 g/mol. The summed E-state index contributed by atoms with van der Waals surface area (Å²) in [5.74, 6) is -0.440. The number of aromatic hydroxyl groups is 1. The largest absolute Gasteiger partial charge is 1.00 e. The number of ether oxygens (including phenoxy) is 1. The van der Waals surface area contributed by atoms with Crippen molar-refractivity contribution in [3.63, 3.8) is 0 Å². The Morgan fingerprint density at radius 2 is 1.37 bits per heavy atom. The van der Waals surface area contributed by atoms with Gasteiger partial charge in [0.1, 0.15) is 37.4 Å². The second-order valence-electron chi connectivity index (χ2n) is 10.7. The number of nitrogens with one attached hydrogen (secondary N) is 1. The van der Waals surface area contributed by atoms with Crippen LogP contribution in [0.4, 0.5) is 34.1 Å². The Balaban J connectivity index is 0.00000243. The minimum absolute atomic E-state index is 0. The van der Waals surface area contributed by atoms with Gasteiger partial charge in [-0.25, -0.2) is 16.8 Å². The summed E-state index contributed by atoms with van der Waals surface area (Å²) in [6.07, 6.45) is 0. The number of para-hydroxylation sites is 1. The van der Waals surface area contributed by atoms with Gasteiger partial charge in [-0.1, -0.05) is 41.3 Å². The fourth-order valence-corrected chi connectivity index (χ4v) is 6.18. The van der Waals surface area contributed by atoms with Crippen molar-refractivity contribution in [2.24, 2.45) is 20.5 Å². The van der Waals surface area contributed by atoms with Crippen LogP contribution < -0.4 is 98.7 Å². The maximum Gasteiger partial charge on any atom is 1.00 e. The number of hydrogen-bond donors (Lipinski definition) is 2. The molecule has 2 N–H and O–H groups in total. The molecule has 0 aromatic heterocycles. The van der Waals surface area contributed by atoms with Crippen LogP contribution in [0.15, 0.2) is 127 Å². The molecule has 6 rings (SSSR count). The van der Waals surface area contributed by atoms with Crippen LogP contribution in [-0.2, 0) is 20.2 Å². The van der Waals surface area contributed by atoms with Gasteiger partial charge in [0.2, 0.25) is 0 Å². The Morgan fingerprint density at radius 3 is 2.04 bits per heavy atom. The number of aryl methyl sites for hydroxylation is 1. The number of hydrogen-bond acceptors (Lipinski definition) is 13. The topological polar surface area (TPSA) is 205 Å². The smallest absolute Gasteiger partial charge is 0.746 e. The van der Waals surface area contributed by atoms with Crippen LogP contribution in [0, 0.1) is 13.0 Å². The van der Waals surface area contributed by atoms with Gasteiger partial charge >= 0.3 is 88.7 Å². The van der Waals surface area contributed by atoms with E-state index in [-0.39, 0.29) is 122 Å². The minimum atomic E-state index is -5.12. The van der Waals surface area contributed by atoms with Gasteiger partial charge in [0.15, 0.2) is 5.75 Å². The summed E-state index contributed by atoms with van der Waals surface area (Å²) in [6, 6.07) is 28.6. The summed E-state index contributed by atoms with van der Waals surface area (Å²) in [7, 11) is -8.60. The Hall–Kier alpha value is -2.74. The van der Waals surface area contributed by atoms with Crippen LogP contribution in [-0.4, -0.2) is 38.2 Å². The first-order valence-electron chi connectivity index (χ1n) is 14.3. The maximum absolute atomic E-state index is 12.3. The van der Waals surface area contributed by atoms with Gasteiger partial charge in [-0.05, 0) is 66.0 Å². The molecule has 248 valence electrons. The van der Waals surface area contributed by atoms with Crippen LogP contribution >= 0.6 is 0 Å². The molecule has 0 heterocycles. The van der Waals surface area contributed by atoms with E-state index in [0.29, 0.717) is 22.0 Å². The number of rotatable bonds is 9. The summed E-state index contributed by atoms with van der Waals surface area (Å²) in [6.45, 7) is 1.66. The van der Waals surface area contributed by atoms with Crippen LogP contribution in [0.2, 0.25) is 0 Å². The molecule has 6 aromatic rings. The van der Waals surface area contributed by atoms with Crippen molar-refractivity contribution >= 4 is 75.9 Å². The molecule has 0 fully saturated rings. The Morgan fingerprint density at radius 1 is 0.692 bits per heavy atom. The van der Waals surface area contributed by atoms with Crippen molar-refractivity contribution in [1.29, 1.82) is 0 Å². The molecule has 0 aliphatic heterocycles. The molecule has 0 aliphatic rings. The van der Waals surface area contributed by atoms with E-state index < -0.39 is 41.5 Å². The van der Waals surface area contributed by atoms with Crippen molar-refractivity contribution < 1.29 is 124 Å². The normalized spacial score (nSPS) is 11.6. The molecule has 0 bridgehead atoms. The van der Waals surface area contributed by atoms with E-state index >= 15 is 0 Å². The van der Waals surface area contributed by atoms with Crippen molar-refractivity contribution in [1.82, 2.24) is 0 Å². The molecule has 0 spiro atoms. The average Bonchev–Trinajstić information content (AvgIpc) is 3.06. The van der Waals surface area contributed by atoms with E-state index in [1.54, 1.807) is 49.4 Å². The van der Waals surface area contributed by atoms with E-state index in [4.69, 9.17) is 4.74 Å². The Bertz CT molecular complexity index is 2560. The van der Waals surface area contributed by atoms with E-state index in [0.717, 1.165) is 11.8 Å². The first-order valence-corrected chi connectivity index (χ1v) is 17.1. The summed E-state index contributed by atoms with van der Waals surface area (Å²) >= 11 is 0. The van der Waals surface area contributed by atoms with E-state index in [9.17, 15) is 31.0 Å². The van der Waals surface area contributed by atoms with Crippen molar-refractivity contribution in [3.8, 4) is 11.5 Å². The molecular formula is C34H24N5Na3O8S2. The Kier molecular flexibility index (Phi) is 15.2. The molecule has 0 aliphatic carbocycles. The first-order chi connectivity index (χ1) is 23.3. The predicted octanol–water partition coefficient (Wildman–Crippen LogP) is -0.790. The molecule has 6 aromatic carbocycles. The van der Waals surface area contributed by atoms with Crippen LogP contribution in [0.5, 0.6) is 11.5 Å². The van der Waals surface area contributed by atoms with Gasteiger partial charge in [-0.3, -0.25) is 0 Å². The zero-order valence-electron chi connectivity index (χ0n) is 28.6. The first kappa shape index (κ1) is 43.7. The number of phenolic OH excluding ortho intramolecular Hbond substituents is 1. The van der Waals surface area contributed by atoms with Gasteiger partial charge < -0.3 is 24.3 Å². The second kappa shape index (κ2) is 18.1. The van der Waals surface area contributed by atoms with E-state index in [2.05, 4.69) is 31.8 Å². The van der Waals surface area contributed by atoms with E-state index in [1.165, 1.54) is 25.3 Å². The number of anilines is 2. The van der Waals surface area contributed by atoms with E-state index in [1.807, 2.05) is 30.3 Å². The summed E-state index contributed by atoms with van der Waals surface area (Å²) in [5.41, 5.74) is 1.72. The molecule has 13 nitrogen and oxygen atoms in total. The third-order valence-electron chi connectivity index (χ3n) is 7.41. The fraction of sp³-hybridized carbons (Fsp3) is 0.0588. The van der Waals surface area contributed by atoms with Crippen molar-refractivity contribution in [2.75, 3.05) is 12.4 Å². The molecule has 0 radical (unpaired) electrons. The number of methoxy groups -OCH3 is 1. The molecule has 52 heavy (non-hydrogen) atoms. The SMILES string of the molecule is COc1cc(N=Nc2[c-]c(S(=O)(=O)[O-])cc3ccccc23)c(C)cc1N=Nc1c(S(=O)(=O)[O-])cc2cc(Nc3ccccc3)ccc2c1O.[Na+].[Na+].[Na+]. The zero-order chi connectivity index (χ0) is 34.9. The number of fused-ring (bicyclic) bond motifs is 2. The number of azo groups is 2. The van der Waals surface area contributed by atoms with Gasteiger partial charge in [0.05, 0.1) is 17.7 Å². The quantitative estimate of drug-likeness (QED) is 0.0819. The summed E-state index contributed by atoms with van der Waals surface area (Å²) in [5, 5.41) is 32.2. The molecule has 0 amide bonds.